The van der Waals surface area contributed by atoms with E-state index in [2.05, 4.69) is 4.90 Å². The minimum Gasteiger partial charge on any atom is -0.475 e. The number of aliphatic carboxylic acids is 1. The van der Waals surface area contributed by atoms with E-state index in [0.717, 1.165) is 50.0 Å². The number of piperazine rings is 1. The number of thiophene rings is 1. The monoisotopic (exact) mass is 420 g/mol. The van der Waals surface area contributed by atoms with E-state index in [1.54, 1.807) is 0 Å². The summed E-state index contributed by atoms with van der Waals surface area (Å²) in [7, 11) is 0. The highest BCUT2D eigenvalue weighted by Crippen LogP contribution is 2.31. The molecule has 1 aromatic heterocycles. The molecule has 1 aromatic rings. The normalized spacial score (nSPS) is 25.0. The quantitative estimate of drug-likeness (QED) is 0.811. The highest BCUT2D eigenvalue weighted by molar-refractivity contribution is 7.12. The van der Waals surface area contributed by atoms with E-state index in [1.165, 1.54) is 24.2 Å². The highest BCUT2D eigenvalue weighted by atomic mass is 32.1. The molecule has 3 heterocycles. The fourth-order valence-electron chi connectivity index (χ4n) is 3.41. The number of carboxylic acid groups (broad SMARTS) is 1. The van der Waals surface area contributed by atoms with Gasteiger partial charge in [-0.05, 0) is 36.6 Å². The fourth-order valence-corrected chi connectivity index (χ4v) is 4.11. The average molecular weight is 420 g/mol. The number of hydrogen-bond donors (Lipinski definition) is 1. The summed E-state index contributed by atoms with van der Waals surface area (Å²) in [6.45, 7) is 4.70. The van der Waals surface area contributed by atoms with Crippen molar-refractivity contribution in [2.45, 2.75) is 37.6 Å². The van der Waals surface area contributed by atoms with E-state index in [1.807, 2.05) is 22.4 Å². The Balaban J connectivity index is 0.000000279. The van der Waals surface area contributed by atoms with E-state index in [0.29, 0.717) is 12.1 Å². The lowest BCUT2D eigenvalue weighted by molar-refractivity contribution is -0.192. The first-order chi connectivity index (χ1) is 13.2. The molecule has 1 saturated carbocycles. The summed E-state index contributed by atoms with van der Waals surface area (Å²) in [6.07, 6.45) is -0.917. The van der Waals surface area contributed by atoms with E-state index in [9.17, 15) is 18.0 Å². The lowest BCUT2D eigenvalue weighted by Crippen LogP contribution is -2.51. The first-order valence-electron chi connectivity index (χ1n) is 9.22. The number of nitrogens with zero attached hydrogens (tertiary/aromatic N) is 2. The zero-order chi connectivity index (χ0) is 20.3. The number of amides is 1. The van der Waals surface area contributed by atoms with Gasteiger partial charge < -0.3 is 14.7 Å². The number of hydrogen-bond acceptors (Lipinski definition) is 5. The van der Waals surface area contributed by atoms with Crippen molar-refractivity contribution in [2.24, 2.45) is 5.92 Å². The van der Waals surface area contributed by atoms with E-state index in [-0.39, 0.29) is 5.91 Å². The molecule has 2 atom stereocenters. The van der Waals surface area contributed by atoms with Gasteiger partial charge >= 0.3 is 12.1 Å². The summed E-state index contributed by atoms with van der Waals surface area (Å²) in [5.41, 5.74) is 0. The molecule has 2 unspecified atom stereocenters. The predicted octanol–water partition coefficient (Wildman–Crippen LogP) is 2.71. The van der Waals surface area contributed by atoms with Crippen LogP contribution in [0.5, 0.6) is 0 Å². The van der Waals surface area contributed by atoms with Crippen LogP contribution in [0.25, 0.3) is 0 Å². The molecule has 0 radical (unpaired) electrons. The van der Waals surface area contributed by atoms with Crippen molar-refractivity contribution in [3.8, 4) is 0 Å². The summed E-state index contributed by atoms with van der Waals surface area (Å²) in [4.78, 5) is 26.7. The number of rotatable bonds is 4. The van der Waals surface area contributed by atoms with E-state index >= 15 is 0 Å². The Morgan fingerprint density at radius 3 is 2.54 bits per heavy atom. The van der Waals surface area contributed by atoms with Crippen LogP contribution in [0.4, 0.5) is 13.2 Å². The molecule has 0 aromatic carbocycles. The topological polar surface area (TPSA) is 70.1 Å². The van der Waals surface area contributed by atoms with Gasteiger partial charge in [0.2, 0.25) is 0 Å². The largest absolute Gasteiger partial charge is 0.490 e. The van der Waals surface area contributed by atoms with Crippen LogP contribution in [0, 0.1) is 5.92 Å². The predicted molar refractivity (Wildman–Crippen MR) is 96.4 cm³/mol. The number of carboxylic acids is 1. The molecule has 0 bridgehead atoms. The lowest BCUT2D eigenvalue weighted by atomic mass is 10.1. The van der Waals surface area contributed by atoms with Crippen LogP contribution < -0.4 is 0 Å². The van der Waals surface area contributed by atoms with Gasteiger partial charge in [0.15, 0.2) is 0 Å². The van der Waals surface area contributed by atoms with Crippen LogP contribution in [-0.2, 0) is 9.53 Å². The van der Waals surface area contributed by atoms with Crippen LogP contribution in [0.2, 0.25) is 0 Å². The lowest BCUT2D eigenvalue weighted by Gasteiger charge is -2.37. The van der Waals surface area contributed by atoms with Crippen LogP contribution in [-0.4, -0.2) is 77.9 Å². The fraction of sp³-hybridized carbons (Fsp3) is 0.667. The molecule has 3 fully saturated rings. The second-order valence-corrected chi connectivity index (χ2v) is 8.26. The Hall–Kier alpha value is -1.65. The molecule has 2 aliphatic heterocycles. The maximum absolute atomic E-state index is 12.4. The van der Waals surface area contributed by atoms with Crippen molar-refractivity contribution in [3.05, 3.63) is 22.4 Å². The first-order valence-corrected chi connectivity index (χ1v) is 10.1. The smallest absolute Gasteiger partial charge is 0.475 e. The number of halogens is 3. The summed E-state index contributed by atoms with van der Waals surface area (Å²) >= 11 is 1.54. The van der Waals surface area contributed by atoms with Gasteiger partial charge in [-0.2, -0.15) is 13.2 Å². The van der Waals surface area contributed by atoms with Crippen LogP contribution >= 0.6 is 11.3 Å². The molecule has 4 rings (SSSR count). The first kappa shape index (κ1) is 21.1. The Bertz CT molecular complexity index is 679. The van der Waals surface area contributed by atoms with Gasteiger partial charge in [-0.25, -0.2) is 4.79 Å². The third-order valence-electron chi connectivity index (χ3n) is 5.10. The van der Waals surface area contributed by atoms with Crippen molar-refractivity contribution in [1.29, 1.82) is 0 Å². The van der Waals surface area contributed by atoms with Crippen molar-refractivity contribution in [2.75, 3.05) is 32.8 Å². The van der Waals surface area contributed by atoms with Gasteiger partial charge in [0.1, 0.15) is 0 Å². The van der Waals surface area contributed by atoms with Gasteiger partial charge in [-0.3, -0.25) is 9.69 Å². The maximum atomic E-state index is 12.4. The number of carbonyl (C=O) groups excluding carboxylic acids is 1. The SMILES string of the molecule is O=C(O)C(F)(F)F.O=C(c1cccs1)N1CCN2CC(OCC3CC3)CC2C1. The molecule has 1 N–H and O–H groups in total. The second kappa shape index (κ2) is 8.79. The van der Waals surface area contributed by atoms with Crippen molar-refractivity contribution in [3.63, 3.8) is 0 Å². The minimum absolute atomic E-state index is 0.201. The van der Waals surface area contributed by atoms with E-state index < -0.39 is 12.1 Å². The molecular weight excluding hydrogens is 397 g/mol. The highest BCUT2D eigenvalue weighted by Gasteiger charge is 2.39. The molecule has 28 heavy (non-hydrogen) atoms. The number of alkyl halides is 3. The molecule has 3 aliphatic rings. The molecule has 1 amide bonds. The Morgan fingerprint density at radius 2 is 1.96 bits per heavy atom. The summed E-state index contributed by atoms with van der Waals surface area (Å²) in [5.74, 6) is -1.72. The number of carbonyl (C=O) groups is 2. The number of ether oxygens (including phenoxy) is 1. The summed E-state index contributed by atoms with van der Waals surface area (Å²) in [5, 5.41) is 9.10. The van der Waals surface area contributed by atoms with Gasteiger partial charge in [0, 0.05) is 38.8 Å². The molecule has 0 spiro atoms. The third-order valence-corrected chi connectivity index (χ3v) is 5.96. The molecule has 1 aliphatic carbocycles. The maximum Gasteiger partial charge on any atom is 0.490 e. The van der Waals surface area contributed by atoms with Gasteiger partial charge in [0.05, 0.1) is 11.0 Å². The van der Waals surface area contributed by atoms with Gasteiger partial charge in [-0.1, -0.05) is 6.07 Å². The van der Waals surface area contributed by atoms with Gasteiger partial charge in [0.25, 0.3) is 5.91 Å². The van der Waals surface area contributed by atoms with Crippen molar-refractivity contribution < 1.29 is 32.6 Å². The summed E-state index contributed by atoms with van der Waals surface area (Å²) < 4.78 is 37.8. The molecule has 156 valence electrons. The standard InChI is InChI=1S/C16H22N2O2S.C2HF3O2/c19-16(15-2-1-7-21-15)18-6-5-17-10-14(8-13(17)9-18)20-11-12-3-4-12;3-2(4,5)1(6)7/h1-2,7,12-14H,3-6,8-11H2;(H,6,7). The Labute approximate surface area is 164 Å². The minimum atomic E-state index is -5.08. The zero-order valence-corrected chi connectivity index (χ0v) is 16.0. The molecule has 10 heteroatoms. The zero-order valence-electron chi connectivity index (χ0n) is 15.2. The third kappa shape index (κ3) is 5.68. The summed E-state index contributed by atoms with van der Waals surface area (Å²) in [6, 6.07) is 4.37. The Morgan fingerprint density at radius 1 is 1.25 bits per heavy atom. The molecular formula is C18H23F3N2O4S. The van der Waals surface area contributed by atoms with Crippen molar-refractivity contribution >= 4 is 23.2 Å². The van der Waals surface area contributed by atoms with Crippen LogP contribution in [0.3, 0.4) is 0 Å². The van der Waals surface area contributed by atoms with Crippen LogP contribution in [0.1, 0.15) is 28.9 Å². The van der Waals surface area contributed by atoms with E-state index in [4.69, 9.17) is 14.6 Å². The average Bonchev–Trinajstić information content (AvgIpc) is 3.15. The Kier molecular flexibility index (Phi) is 6.61. The second-order valence-electron chi connectivity index (χ2n) is 7.31. The van der Waals surface area contributed by atoms with Gasteiger partial charge in [-0.15, -0.1) is 11.3 Å². The van der Waals surface area contributed by atoms with Crippen LogP contribution in [0.15, 0.2) is 17.5 Å². The number of fused-ring (bicyclic) bond motifs is 1. The van der Waals surface area contributed by atoms with Crippen molar-refractivity contribution in [1.82, 2.24) is 9.80 Å². The molecule has 2 saturated heterocycles. The molecule has 6 nitrogen and oxygen atoms in total.